The van der Waals surface area contributed by atoms with Gasteiger partial charge in [0.2, 0.25) is 0 Å². The lowest BCUT2D eigenvalue weighted by atomic mass is 10.1. The predicted molar refractivity (Wildman–Crippen MR) is 68.4 cm³/mol. The number of nitrogens with one attached hydrogen (secondary N) is 2. The van der Waals surface area contributed by atoms with Gasteiger partial charge in [0.1, 0.15) is 0 Å². The third-order valence-corrected chi connectivity index (χ3v) is 2.60. The molecule has 0 aromatic carbocycles. The number of piperazine rings is 1. The van der Waals surface area contributed by atoms with Gasteiger partial charge in [0.25, 0.3) is 0 Å². The van der Waals surface area contributed by atoms with E-state index >= 15 is 0 Å². The summed E-state index contributed by atoms with van der Waals surface area (Å²) < 4.78 is 0. The van der Waals surface area contributed by atoms with E-state index in [0.29, 0.717) is 0 Å². The van der Waals surface area contributed by atoms with Gasteiger partial charge in [-0.2, -0.15) is 0 Å². The first-order valence-electron chi connectivity index (χ1n) is 6.22. The molecule has 0 spiro atoms. The molecule has 2 heterocycles. The molecule has 16 heavy (non-hydrogen) atoms. The summed E-state index contributed by atoms with van der Waals surface area (Å²) in [6.07, 6.45) is 7.51. The Kier molecular flexibility index (Phi) is 7.64. The van der Waals surface area contributed by atoms with E-state index in [4.69, 9.17) is 0 Å². The van der Waals surface area contributed by atoms with Crippen LogP contribution in [0.3, 0.4) is 0 Å². The number of rotatable bonds is 3. The number of hydrogen-bond acceptors (Lipinski definition) is 3. The zero-order valence-corrected chi connectivity index (χ0v) is 10.2. The Labute approximate surface area is 98.7 Å². The Balaban J connectivity index is 0.000000181. The molecule has 1 atom stereocenters. The topological polar surface area (TPSA) is 37.0 Å². The molecule has 3 nitrogen and oxygen atoms in total. The van der Waals surface area contributed by atoms with Crippen molar-refractivity contribution in [2.45, 2.75) is 32.2 Å². The quantitative estimate of drug-likeness (QED) is 0.817. The van der Waals surface area contributed by atoms with Crippen molar-refractivity contribution in [2.75, 3.05) is 19.6 Å². The van der Waals surface area contributed by atoms with Crippen LogP contribution in [-0.2, 0) is 0 Å². The minimum Gasteiger partial charge on any atom is -0.314 e. The van der Waals surface area contributed by atoms with E-state index in [1.54, 1.807) is 12.4 Å². The van der Waals surface area contributed by atoms with Gasteiger partial charge < -0.3 is 10.6 Å². The van der Waals surface area contributed by atoms with Crippen molar-refractivity contribution in [3.8, 4) is 0 Å². The highest BCUT2D eigenvalue weighted by Gasteiger charge is 2.09. The van der Waals surface area contributed by atoms with E-state index in [-0.39, 0.29) is 0 Å². The van der Waals surface area contributed by atoms with Crippen molar-refractivity contribution in [2.24, 2.45) is 0 Å². The summed E-state index contributed by atoms with van der Waals surface area (Å²) in [6, 6.07) is 6.46. The summed E-state index contributed by atoms with van der Waals surface area (Å²) in [5, 5.41) is 6.87. The van der Waals surface area contributed by atoms with Gasteiger partial charge in [-0.15, -0.1) is 0 Å². The van der Waals surface area contributed by atoms with Crippen LogP contribution in [0.5, 0.6) is 0 Å². The molecule has 0 amide bonds. The van der Waals surface area contributed by atoms with Gasteiger partial charge in [0.15, 0.2) is 0 Å². The smallest absolute Gasteiger partial charge is 0.0267 e. The fourth-order valence-corrected chi connectivity index (χ4v) is 1.68. The van der Waals surface area contributed by atoms with Gasteiger partial charge in [0, 0.05) is 38.1 Å². The third kappa shape index (κ3) is 6.53. The summed E-state index contributed by atoms with van der Waals surface area (Å²) in [5.74, 6) is 0. The zero-order valence-electron chi connectivity index (χ0n) is 10.2. The fourth-order valence-electron chi connectivity index (χ4n) is 1.68. The van der Waals surface area contributed by atoms with Crippen LogP contribution in [0, 0.1) is 0 Å². The normalized spacial score (nSPS) is 19.7. The molecule has 2 N–H and O–H groups in total. The molecule has 3 heteroatoms. The molecule has 0 saturated carbocycles. The number of nitrogens with zero attached hydrogens (tertiary/aromatic N) is 1. The second-order valence-electron chi connectivity index (χ2n) is 4.02. The maximum absolute atomic E-state index is 3.78. The largest absolute Gasteiger partial charge is 0.314 e. The molecule has 2 rings (SSSR count). The van der Waals surface area contributed by atoms with Crippen molar-refractivity contribution < 1.29 is 0 Å². The Morgan fingerprint density at radius 1 is 1.19 bits per heavy atom. The molecule has 0 radical (unpaired) electrons. The molecule has 1 aromatic heterocycles. The van der Waals surface area contributed by atoms with E-state index in [9.17, 15) is 0 Å². The molecule has 1 aromatic rings. The number of pyridine rings is 1. The van der Waals surface area contributed by atoms with E-state index in [0.717, 1.165) is 19.1 Å². The van der Waals surface area contributed by atoms with Crippen molar-refractivity contribution in [3.05, 3.63) is 30.6 Å². The lowest BCUT2D eigenvalue weighted by Crippen LogP contribution is -2.48. The molecule has 1 aliphatic heterocycles. The van der Waals surface area contributed by atoms with Crippen LogP contribution < -0.4 is 10.6 Å². The van der Waals surface area contributed by atoms with Crippen LogP contribution >= 0.6 is 0 Å². The van der Waals surface area contributed by atoms with Crippen molar-refractivity contribution in [1.29, 1.82) is 0 Å². The summed E-state index contributed by atoms with van der Waals surface area (Å²) in [6.45, 7) is 5.70. The van der Waals surface area contributed by atoms with Gasteiger partial charge in [0.05, 0.1) is 0 Å². The maximum atomic E-state index is 3.78. The molecule has 1 unspecified atom stereocenters. The molecule has 1 fully saturated rings. The Morgan fingerprint density at radius 2 is 2.00 bits per heavy atom. The summed E-state index contributed by atoms with van der Waals surface area (Å²) >= 11 is 0. The highest BCUT2D eigenvalue weighted by Crippen LogP contribution is 2.00. The highest BCUT2D eigenvalue weighted by molar-refractivity contribution is 4.88. The van der Waals surface area contributed by atoms with E-state index < -0.39 is 0 Å². The summed E-state index contributed by atoms with van der Waals surface area (Å²) in [5.41, 5.74) is 0. The molecule has 1 saturated heterocycles. The first-order valence-corrected chi connectivity index (χ1v) is 6.22. The van der Waals surface area contributed by atoms with Crippen molar-refractivity contribution >= 4 is 0 Å². The first-order chi connectivity index (χ1) is 7.93. The van der Waals surface area contributed by atoms with Crippen molar-refractivity contribution in [3.63, 3.8) is 0 Å². The number of aromatic nitrogens is 1. The Morgan fingerprint density at radius 3 is 2.44 bits per heavy atom. The lowest BCUT2D eigenvalue weighted by molar-refractivity contribution is 0.391. The average molecular weight is 221 g/mol. The van der Waals surface area contributed by atoms with Gasteiger partial charge in [-0.1, -0.05) is 25.8 Å². The highest BCUT2D eigenvalue weighted by atomic mass is 15.0. The maximum Gasteiger partial charge on any atom is 0.0267 e. The molecule has 0 bridgehead atoms. The first kappa shape index (κ1) is 13.1. The van der Waals surface area contributed by atoms with E-state index in [1.165, 1.54) is 25.8 Å². The molecule has 1 aliphatic rings. The van der Waals surface area contributed by atoms with Crippen LogP contribution in [0.1, 0.15) is 26.2 Å². The molecular formula is C13H23N3. The third-order valence-electron chi connectivity index (χ3n) is 2.60. The summed E-state index contributed by atoms with van der Waals surface area (Å²) in [4.78, 5) is 3.78. The van der Waals surface area contributed by atoms with Gasteiger partial charge in [-0.25, -0.2) is 0 Å². The van der Waals surface area contributed by atoms with E-state index in [1.807, 2.05) is 18.2 Å². The zero-order chi connectivity index (χ0) is 11.5. The Bertz CT molecular complexity index is 205. The number of hydrogen-bond donors (Lipinski definition) is 2. The monoisotopic (exact) mass is 221 g/mol. The molecular weight excluding hydrogens is 198 g/mol. The van der Waals surface area contributed by atoms with Crippen LogP contribution in [0.15, 0.2) is 30.6 Å². The molecule has 90 valence electrons. The van der Waals surface area contributed by atoms with Crippen molar-refractivity contribution in [1.82, 2.24) is 15.6 Å². The Hall–Kier alpha value is -0.930. The van der Waals surface area contributed by atoms with Crippen LogP contribution in [0.4, 0.5) is 0 Å². The average Bonchev–Trinajstić information content (AvgIpc) is 2.40. The standard InChI is InChI=1S/C8H18N2.C5H5N/c1-2-3-4-8-7-9-5-6-10-8;1-2-4-6-5-3-1/h8-10H,2-7H2,1H3;1-5H. The van der Waals surface area contributed by atoms with Crippen LogP contribution in [-0.4, -0.2) is 30.7 Å². The lowest BCUT2D eigenvalue weighted by Gasteiger charge is -2.24. The second kappa shape index (κ2) is 9.31. The number of unbranched alkanes of at least 4 members (excludes halogenated alkanes) is 1. The minimum absolute atomic E-state index is 0.744. The van der Waals surface area contributed by atoms with Gasteiger partial charge in [-0.3, -0.25) is 4.98 Å². The van der Waals surface area contributed by atoms with Gasteiger partial charge >= 0.3 is 0 Å². The summed E-state index contributed by atoms with van der Waals surface area (Å²) in [7, 11) is 0. The molecule has 0 aliphatic carbocycles. The van der Waals surface area contributed by atoms with Crippen LogP contribution in [0.25, 0.3) is 0 Å². The second-order valence-corrected chi connectivity index (χ2v) is 4.02. The van der Waals surface area contributed by atoms with E-state index in [2.05, 4.69) is 22.5 Å². The van der Waals surface area contributed by atoms with Gasteiger partial charge in [-0.05, 0) is 18.6 Å². The van der Waals surface area contributed by atoms with Crippen LogP contribution in [0.2, 0.25) is 0 Å². The fraction of sp³-hybridized carbons (Fsp3) is 0.615. The predicted octanol–water partition coefficient (Wildman–Crippen LogP) is 1.82. The SMILES string of the molecule is CCCCC1CNCCN1.c1ccncc1. The minimum atomic E-state index is 0.744.